The average molecular weight is 773 g/mol. The van der Waals surface area contributed by atoms with Crippen molar-refractivity contribution in [2.24, 2.45) is 7.05 Å². The summed E-state index contributed by atoms with van der Waals surface area (Å²) in [5.74, 6) is 0.304. The van der Waals surface area contributed by atoms with Gasteiger partial charge in [0.2, 0.25) is 11.9 Å². The molecule has 1 aromatic carbocycles. The van der Waals surface area contributed by atoms with E-state index in [1.54, 1.807) is 37.1 Å². The summed E-state index contributed by atoms with van der Waals surface area (Å²) in [7, 11) is 1.78. The maximum Gasteiger partial charge on any atom is 0.338 e. The van der Waals surface area contributed by atoms with Crippen LogP contribution in [0.1, 0.15) is 91.2 Å². The first kappa shape index (κ1) is 37.9. The van der Waals surface area contributed by atoms with E-state index in [1.165, 1.54) is 12.4 Å². The van der Waals surface area contributed by atoms with Crippen LogP contribution in [0.25, 0.3) is 11.1 Å². The van der Waals surface area contributed by atoms with Crippen molar-refractivity contribution in [3.05, 3.63) is 64.9 Å². The molecule has 1 N–H and O–H groups in total. The molecule has 0 bridgehead atoms. The molecule has 16 heteroatoms. The second-order valence-electron chi connectivity index (χ2n) is 15.6. The molecule has 2 fully saturated rings. The Morgan fingerprint density at radius 3 is 2.39 bits per heavy atom. The van der Waals surface area contributed by atoms with Gasteiger partial charge in [0.05, 0.1) is 37.1 Å². The minimum absolute atomic E-state index is 0.0161. The Labute approximate surface area is 325 Å². The van der Waals surface area contributed by atoms with Crippen LogP contribution in [-0.4, -0.2) is 114 Å². The van der Waals surface area contributed by atoms with Crippen LogP contribution in [-0.2, 0) is 36.0 Å². The fraction of sp³-hybridized carbons (Fsp3) is 0.550. The predicted molar refractivity (Wildman–Crippen MR) is 205 cm³/mol. The molecule has 1 atom stereocenters. The minimum Gasteiger partial charge on any atom is -0.478 e. The summed E-state index contributed by atoms with van der Waals surface area (Å²) in [6.07, 6.45) is 9.49. The van der Waals surface area contributed by atoms with Gasteiger partial charge in [-0.1, -0.05) is 0 Å². The van der Waals surface area contributed by atoms with Crippen molar-refractivity contribution in [3.8, 4) is 11.1 Å². The van der Waals surface area contributed by atoms with Crippen LogP contribution in [0.2, 0.25) is 0 Å². The van der Waals surface area contributed by atoms with E-state index in [9.17, 15) is 18.4 Å². The molecule has 7 heterocycles. The Balaban J connectivity index is 0.944. The van der Waals surface area contributed by atoms with Crippen LogP contribution in [0.3, 0.4) is 0 Å². The molecule has 0 radical (unpaired) electrons. The number of hydrogen-bond acceptors (Lipinski definition) is 10. The van der Waals surface area contributed by atoms with Gasteiger partial charge in [-0.2, -0.15) is 10.2 Å². The van der Waals surface area contributed by atoms with Gasteiger partial charge >= 0.3 is 5.97 Å². The second-order valence-corrected chi connectivity index (χ2v) is 15.6. The molecule has 4 aliphatic rings. The number of fused-ring (bicyclic) bond motifs is 2. The van der Waals surface area contributed by atoms with Crippen molar-refractivity contribution >= 4 is 29.3 Å². The number of alkyl halides is 2. The SMILES string of the molecule is CC(=O)N1CCc2c(c(N3CCCc4cc(-c5cnn(C)c5)c(C(F)F)cc43)nn2C2CCN(C(C)COC3CCN(c4ncc(C(=O)O)cn4)CC3)CC2)C1. The monoisotopic (exact) mass is 772 g/mol. The highest BCUT2D eigenvalue weighted by Gasteiger charge is 2.35. The summed E-state index contributed by atoms with van der Waals surface area (Å²) < 4.78 is 39.6. The van der Waals surface area contributed by atoms with Gasteiger partial charge in [-0.15, -0.1) is 0 Å². The van der Waals surface area contributed by atoms with Crippen LogP contribution in [0.4, 0.5) is 26.2 Å². The van der Waals surface area contributed by atoms with Crippen molar-refractivity contribution in [1.29, 1.82) is 0 Å². The number of carbonyl (C=O) groups is 2. The largest absolute Gasteiger partial charge is 0.478 e. The number of aromatic carboxylic acids is 1. The first-order valence-electron chi connectivity index (χ1n) is 19.8. The lowest BCUT2D eigenvalue weighted by molar-refractivity contribution is -0.129. The molecule has 0 aliphatic carbocycles. The standard InChI is InChI=1S/C40H50F2N10O4/c1-25(24-56-31-8-14-49(15-9-31)40-43-19-28(20-44-40)39(54)55)48-12-6-30(7-13-48)52-35-10-16-50(26(2)53)23-34(35)38(46-52)51-11-4-5-27-17-32(29-21-45-47(3)22-29)33(37(41)42)18-36(27)51/h17-22,25,30-31,37H,4-16,23-24H2,1-3H3,(H,54,55). The number of hydrogen-bond donors (Lipinski definition) is 1. The second kappa shape index (κ2) is 15.9. The van der Waals surface area contributed by atoms with Crippen molar-refractivity contribution in [3.63, 3.8) is 0 Å². The Hall–Kier alpha value is -4.96. The molecule has 8 rings (SSSR count). The van der Waals surface area contributed by atoms with E-state index < -0.39 is 12.4 Å². The molecule has 4 aliphatic heterocycles. The number of piperidine rings is 2. The van der Waals surface area contributed by atoms with Crippen LogP contribution < -0.4 is 9.80 Å². The fourth-order valence-electron chi connectivity index (χ4n) is 8.85. The van der Waals surface area contributed by atoms with Crippen molar-refractivity contribution in [1.82, 2.24) is 39.3 Å². The van der Waals surface area contributed by atoms with Crippen LogP contribution >= 0.6 is 0 Å². The Kier molecular flexibility index (Phi) is 10.8. The Morgan fingerprint density at radius 1 is 0.982 bits per heavy atom. The zero-order chi connectivity index (χ0) is 39.1. The molecule has 1 amide bonds. The number of ether oxygens (including phenoxy) is 1. The van der Waals surface area contributed by atoms with Gasteiger partial charge < -0.3 is 24.5 Å². The van der Waals surface area contributed by atoms with Crippen molar-refractivity contribution in [2.75, 3.05) is 55.7 Å². The lowest BCUT2D eigenvalue weighted by Gasteiger charge is -2.38. The average Bonchev–Trinajstić information content (AvgIpc) is 3.82. The smallest absolute Gasteiger partial charge is 0.338 e. The molecule has 298 valence electrons. The number of halogens is 2. The number of rotatable bonds is 10. The summed E-state index contributed by atoms with van der Waals surface area (Å²) in [6, 6.07) is 4.00. The third-order valence-electron chi connectivity index (χ3n) is 12.0. The number of carboxylic acid groups (broad SMARTS) is 1. The lowest BCUT2D eigenvalue weighted by Crippen LogP contribution is -2.44. The first-order valence-corrected chi connectivity index (χ1v) is 19.8. The highest BCUT2D eigenvalue weighted by molar-refractivity contribution is 5.86. The van der Waals surface area contributed by atoms with Gasteiger partial charge in [-0.25, -0.2) is 23.5 Å². The third kappa shape index (κ3) is 7.60. The number of nitrogens with zero attached hydrogens (tertiary/aromatic N) is 10. The molecule has 4 aromatic rings. The molecule has 1 unspecified atom stereocenters. The van der Waals surface area contributed by atoms with Gasteiger partial charge in [-0.3, -0.25) is 19.1 Å². The van der Waals surface area contributed by atoms with Crippen LogP contribution in [0, 0.1) is 0 Å². The van der Waals surface area contributed by atoms with E-state index in [1.807, 2.05) is 11.0 Å². The number of likely N-dealkylation sites (tertiary alicyclic amines) is 1. The highest BCUT2D eigenvalue weighted by atomic mass is 19.3. The quantitative estimate of drug-likeness (QED) is 0.222. The topological polar surface area (TPSA) is 138 Å². The maximum atomic E-state index is 14.7. The summed E-state index contributed by atoms with van der Waals surface area (Å²) in [5, 5.41) is 18.7. The molecule has 0 spiro atoms. The number of aryl methyl sites for hydroxylation is 2. The Morgan fingerprint density at radius 2 is 1.73 bits per heavy atom. The van der Waals surface area contributed by atoms with Crippen LogP contribution in [0.15, 0.2) is 36.9 Å². The minimum atomic E-state index is -2.66. The summed E-state index contributed by atoms with van der Waals surface area (Å²) in [5.41, 5.74) is 5.20. The number of amides is 1. The fourth-order valence-corrected chi connectivity index (χ4v) is 8.85. The van der Waals surface area contributed by atoms with Crippen LogP contribution in [0.5, 0.6) is 0 Å². The molecule has 14 nitrogen and oxygen atoms in total. The van der Waals surface area contributed by atoms with E-state index in [2.05, 4.69) is 41.4 Å². The zero-order valence-electron chi connectivity index (χ0n) is 32.3. The molecular formula is C40H50F2N10O4. The number of aromatic nitrogens is 6. The maximum absolute atomic E-state index is 14.7. The molecule has 56 heavy (non-hydrogen) atoms. The van der Waals surface area contributed by atoms with Gasteiger partial charge in [0, 0.05) is 112 Å². The molecule has 2 saturated heterocycles. The van der Waals surface area contributed by atoms with E-state index in [0.717, 1.165) is 93.0 Å². The molecule has 3 aromatic heterocycles. The van der Waals surface area contributed by atoms with Crippen molar-refractivity contribution in [2.45, 2.75) is 90.0 Å². The normalized spacial score (nSPS) is 19.0. The van der Waals surface area contributed by atoms with E-state index in [4.69, 9.17) is 14.9 Å². The summed E-state index contributed by atoms with van der Waals surface area (Å²) in [6.45, 7) is 9.51. The third-order valence-corrected chi connectivity index (χ3v) is 12.0. The highest BCUT2D eigenvalue weighted by Crippen LogP contribution is 2.43. The van der Waals surface area contributed by atoms with E-state index in [0.29, 0.717) is 49.7 Å². The number of anilines is 3. The van der Waals surface area contributed by atoms with Crippen molar-refractivity contribution < 1.29 is 28.2 Å². The van der Waals surface area contributed by atoms with Gasteiger partial charge in [0.1, 0.15) is 0 Å². The summed E-state index contributed by atoms with van der Waals surface area (Å²) in [4.78, 5) is 40.8. The molecular weight excluding hydrogens is 723 g/mol. The Bertz CT molecular complexity index is 2050. The van der Waals surface area contributed by atoms with E-state index in [-0.39, 0.29) is 35.2 Å². The zero-order valence-corrected chi connectivity index (χ0v) is 32.3. The van der Waals surface area contributed by atoms with Gasteiger partial charge in [0.15, 0.2) is 5.82 Å². The molecule has 0 saturated carbocycles. The predicted octanol–water partition coefficient (Wildman–Crippen LogP) is 5.41. The number of carboxylic acids is 1. The lowest BCUT2D eigenvalue weighted by atomic mass is 9.92. The first-order chi connectivity index (χ1) is 27.0. The van der Waals surface area contributed by atoms with Gasteiger partial charge in [-0.05, 0) is 68.7 Å². The summed E-state index contributed by atoms with van der Waals surface area (Å²) >= 11 is 0. The number of carbonyl (C=O) groups excluding carboxylic acids is 1. The number of benzene rings is 1. The van der Waals surface area contributed by atoms with E-state index >= 15 is 0 Å². The van der Waals surface area contributed by atoms with Gasteiger partial charge in [0.25, 0.3) is 6.43 Å².